The lowest BCUT2D eigenvalue weighted by atomic mass is 9.96. The van der Waals surface area contributed by atoms with E-state index in [1.54, 1.807) is 0 Å². The summed E-state index contributed by atoms with van der Waals surface area (Å²) in [6, 6.07) is 4.10. The first-order valence-corrected chi connectivity index (χ1v) is 6.15. The van der Waals surface area contributed by atoms with Crippen LogP contribution in [0.15, 0.2) is 24.5 Å². The van der Waals surface area contributed by atoms with Crippen LogP contribution in [0.4, 0.5) is 0 Å². The van der Waals surface area contributed by atoms with Gasteiger partial charge in [-0.3, -0.25) is 9.88 Å². The van der Waals surface area contributed by atoms with Gasteiger partial charge >= 0.3 is 0 Å². The molecule has 4 nitrogen and oxygen atoms in total. The third-order valence-corrected chi connectivity index (χ3v) is 3.86. The van der Waals surface area contributed by atoms with Gasteiger partial charge < -0.3 is 10.6 Å². The maximum absolute atomic E-state index is 6.00. The summed E-state index contributed by atoms with van der Waals surface area (Å²) >= 11 is 0. The highest BCUT2D eigenvalue weighted by Crippen LogP contribution is 2.26. The summed E-state index contributed by atoms with van der Waals surface area (Å²) in [6.45, 7) is 3.82. The predicted octanol–water partition coefficient (Wildman–Crippen LogP) is 0.546. The van der Waals surface area contributed by atoms with Crippen LogP contribution in [0.5, 0.6) is 0 Å². The Kier molecular flexibility index (Phi) is 3.76. The van der Waals surface area contributed by atoms with Crippen molar-refractivity contribution in [2.75, 3.05) is 33.7 Å². The Morgan fingerprint density at radius 2 is 2.41 bits per heavy atom. The highest BCUT2D eigenvalue weighted by molar-refractivity contribution is 5.10. The van der Waals surface area contributed by atoms with Crippen LogP contribution in [0, 0.1) is 0 Å². The number of pyridine rings is 1. The first-order chi connectivity index (χ1) is 8.16. The monoisotopic (exact) mass is 234 g/mol. The Hall–Kier alpha value is -0.970. The Bertz CT molecular complexity index is 354. The molecule has 1 saturated heterocycles. The standard InChI is InChI=1S/C13H22N4/c1-16-7-5-13(10-14,11-16)17(2)9-12-4-3-6-15-8-12/h3-4,6,8H,5,7,9-11,14H2,1-2H3. The van der Waals surface area contributed by atoms with Crippen molar-refractivity contribution in [1.29, 1.82) is 0 Å². The summed E-state index contributed by atoms with van der Waals surface area (Å²) in [7, 11) is 4.33. The highest BCUT2D eigenvalue weighted by atomic mass is 15.3. The van der Waals surface area contributed by atoms with E-state index in [9.17, 15) is 0 Å². The Balaban J connectivity index is 2.06. The van der Waals surface area contributed by atoms with Gasteiger partial charge in [-0.05, 0) is 38.7 Å². The van der Waals surface area contributed by atoms with Crippen LogP contribution < -0.4 is 5.73 Å². The fraction of sp³-hybridized carbons (Fsp3) is 0.615. The third-order valence-electron chi connectivity index (χ3n) is 3.86. The topological polar surface area (TPSA) is 45.4 Å². The van der Waals surface area contributed by atoms with Crippen LogP contribution in [0.2, 0.25) is 0 Å². The SMILES string of the molecule is CN1CCC(CN)(N(C)Cc2cccnc2)C1. The van der Waals surface area contributed by atoms with Crippen molar-refractivity contribution in [3.8, 4) is 0 Å². The molecule has 17 heavy (non-hydrogen) atoms. The molecule has 94 valence electrons. The first kappa shape index (κ1) is 12.5. The zero-order valence-electron chi connectivity index (χ0n) is 10.8. The molecule has 4 heteroatoms. The van der Waals surface area contributed by atoms with Crippen molar-refractivity contribution in [3.63, 3.8) is 0 Å². The van der Waals surface area contributed by atoms with Gasteiger partial charge in [0.05, 0.1) is 0 Å². The summed E-state index contributed by atoms with van der Waals surface area (Å²) in [4.78, 5) is 8.90. The molecule has 0 amide bonds. The summed E-state index contributed by atoms with van der Waals surface area (Å²) in [6.07, 6.45) is 4.89. The molecule has 2 heterocycles. The number of nitrogens with two attached hydrogens (primary N) is 1. The van der Waals surface area contributed by atoms with Gasteiger partial charge in [-0.25, -0.2) is 0 Å². The Labute approximate surface area is 103 Å². The van der Waals surface area contributed by atoms with Crippen molar-refractivity contribution in [2.24, 2.45) is 5.73 Å². The van der Waals surface area contributed by atoms with E-state index in [1.807, 2.05) is 18.5 Å². The third kappa shape index (κ3) is 2.65. The molecule has 0 aromatic carbocycles. The zero-order valence-corrected chi connectivity index (χ0v) is 10.8. The molecule has 1 aromatic rings. The summed E-state index contributed by atoms with van der Waals surface area (Å²) in [5, 5.41) is 0. The van der Waals surface area contributed by atoms with E-state index in [-0.39, 0.29) is 5.54 Å². The summed E-state index contributed by atoms with van der Waals surface area (Å²) in [5.74, 6) is 0. The van der Waals surface area contributed by atoms with E-state index in [0.29, 0.717) is 6.54 Å². The molecule has 2 N–H and O–H groups in total. The van der Waals surface area contributed by atoms with Crippen molar-refractivity contribution in [1.82, 2.24) is 14.8 Å². The van der Waals surface area contributed by atoms with Crippen LogP contribution >= 0.6 is 0 Å². The lowest BCUT2D eigenvalue weighted by Gasteiger charge is -2.37. The average molecular weight is 234 g/mol. The van der Waals surface area contributed by atoms with Gasteiger partial charge in [0.15, 0.2) is 0 Å². The van der Waals surface area contributed by atoms with Crippen molar-refractivity contribution in [2.45, 2.75) is 18.5 Å². The van der Waals surface area contributed by atoms with Crippen molar-refractivity contribution < 1.29 is 0 Å². The van der Waals surface area contributed by atoms with Gasteiger partial charge in [-0.2, -0.15) is 0 Å². The quantitative estimate of drug-likeness (QED) is 0.826. The van der Waals surface area contributed by atoms with Gasteiger partial charge in [-0.15, -0.1) is 0 Å². The zero-order chi connectivity index (χ0) is 12.3. The molecule has 1 fully saturated rings. The van der Waals surface area contributed by atoms with E-state index < -0.39 is 0 Å². The minimum atomic E-state index is 0.130. The number of nitrogens with zero attached hydrogens (tertiary/aromatic N) is 3. The van der Waals surface area contributed by atoms with Gasteiger partial charge in [-0.1, -0.05) is 6.07 Å². The van der Waals surface area contributed by atoms with Crippen molar-refractivity contribution in [3.05, 3.63) is 30.1 Å². The summed E-state index contributed by atoms with van der Waals surface area (Å²) < 4.78 is 0. The molecule has 0 saturated carbocycles. The second-order valence-electron chi connectivity index (χ2n) is 5.13. The van der Waals surface area contributed by atoms with Crippen LogP contribution in [-0.2, 0) is 6.54 Å². The fourth-order valence-electron chi connectivity index (χ4n) is 2.63. The number of aromatic nitrogens is 1. The summed E-state index contributed by atoms with van der Waals surface area (Å²) in [5.41, 5.74) is 7.38. The molecule has 1 aliphatic heterocycles. The molecular formula is C13H22N4. The lowest BCUT2D eigenvalue weighted by molar-refractivity contribution is 0.126. The smallest absolute Gasteiger partial charge is 0.0470 e. The van der Waals surface area contributed by atoms with Crippen molar-refractivity contribution >= 4 is 0 Å². The van der Waals surface area contributed by atoms with Crippen LogP contribution in [-0.4, -0.2) is 54.1 Å². The molecule has 0 aliphatic carbocycles. The Morgan fingerprint density at radius 1 is 1.59 bits per heavy atom. The van der Waals surface area contributed by atoms with Crippen LogP contribution in [0.1, 0.15) is 12.0 Å². The normalized spacial score (nSPS) is 25.6. The van der Waals surface area contributed by atoms with E-state index in [0.717, 1.165) is 26.1 Å². The molecular weight excluding hydrogens is 212 g/mol. The van der Waals surface area contributed by atoms with E-state index >= 15 is 0 Å². The van der Waals surface area contributed by atoms with Crippen LogP contribution in [0.25, 0.3) is 0 Å². The van der Waals surface area contributed by atoms with E-state index in [2.05, 4.69) is 34.9 Å². The Morgan fingerprint density at radius 3 is 2.94 bits per heavy atom. The van der Waals surface area contributed by atoms with E-state index in [4.69, 9.17) is 5.73 Å². The number of hydrogen-bond acceptors (Lipinski definition) is 4. The lowest BCUT2D eigenvalue weighted by Crippen LogP contribution is -2.53. The fourth-order valence-corrected chi connectivity index (χ4v) is 2.63. The molecule has 0 bridgehead atoms. The molecule has 1 unspecified atom stereocenters. The molecule has 1 aromatic heterocycles. The predicted molar refractivity (Wildman–Crippen MR) is 69.6 cm³/mol. The second-order valence-corrected chi connectivity index (χ2v) is 5.13. The van der Waals surface area contributed by atoms with Gasteiger partial charge in [0, 0.05) is 37.6 Å². The maximum atomic E-state index is 6.00. The molecule has 0 spiro atoms. The van der Waals surface area contributed by atoms with Gasteiger partial charge in [0.2, 0.25) is 0 Å². The minimum absolute atomic E-state index is 0.130. The molecule has 1 atom stereocenters. The number of likely N-dealkylation sites (tertiary alicyclic amines) is 1. The van der Waals surface area contributed by atoms with Gasteiger partial charge in [0.1, 0.15) is 0 Å². The average Bonchev–Trinajstić information content (AvgIpc) is 2.73. The first-order valence-electron chi connectivity index (χ1n) is 6.15. The highest BCUT2D eigenvalue weighted by Gasteiger charge is 2.38. The number of likely N-dealkylation sites (N-methyl/N-ethyl adjacent to an activating group) is 2. The number of rotatable bonds is 4. The second kappa shape index (κ2) is 5.12. The minimum Gasteiger partial charge on any atom is -0.329 e. The molecule has 2 rings (SSSR count). The maximum Gasteiger partial charge on any atom is 0.0470 e. The van der Waals surface area contributed by atoms with Crippen LogP contribution in [0.3, 0.4) is 0 Å². The number of hydrogen-bond donors (Lipinski definition) is 1. The van der Waals surface area contributed by atoms with Gasteiger partial charge in [0.25, 0.3) is 0 Å². The van der Waals surface area contributed by atoms with E-state index in [1.165, 1.54) is 5.56 Å². The molecule has 0 radical (unpaired) electrons. The largest absolute Gasteiger partial charge is 0.329 e. The molecule has 1 aliphatic rings.